The summed E-state index contributed by atoms with van der Waals surface area (Å²) in [6, 6.07) is 14.8. The Bertz CT molecular complexity index is 713. The van der Waals surface area contributed by atoms with Crippen LogP contribution in [0.3, 0.4) is 0 Å². The molecule has 1 saturated heterocycles. The van der Waals surface area contributed by atoms with Crippen molar-refractivity contribution in [3.05, 3.63) is 59.8 Å². The number of urea groups is 1. The molecule has 0 aliphatic carbocycles. The number of hydrogen-bond donors (Lipinski definition) is 1. The van der Waals surface area contributed by atoms with Crippen LogP contribution in [0.5, 0.6) is 0 Å². The van der Waals surface area contributed by atoms with Gasteiger partial charge in [-0.3, -0.25) is 0 Å². The van der Waals surface area contributed by atoms with Crippen molar-refractivity contribution in [2.24, 2.45) is 0 Å². The summed E-state index contributed by atoms with van der Waals surface area (Å²) in [5, 5.41) is 3.07. The lowest BCUT2D eigenvalue weighted by Gasteiger charge is -2.25. The van der Waals surface area contributed by atoms with Crippen LogP contribution in [-0.2, 0) is 13.0 Å². The Kier molecular flexibility index (Phi) is 6.69. The van der Waals surface area contributed by atoms with E-state index in [4.69, 9.17) is 0 Å². The van der Waals surface area contributed by atoms with Gasteiger partial charge in [-0.25, -0.2) is 9.78 Å². The molecule has 0 radical (unpaired) electrons. The molecule has 1 aliphatic rings. The number of amides is 2. The summed E-state index contributed by atoms with van der Waals surface area (Å²) in [4.78, 5) is 21.4. The summed E-state index contributed by atoms with van der Waals surface area (Å²) in [5.41, 5.74) is 2.32. The highest BCUT2D eigenvalue weighted by Gasteiger charge is 2.28. The van der Waals surface area contributed by atoms with Crippen LogP contribution in [-0.4, -0.2) is 41.6 Å². The van der Waals surface area contributed by atoms with E-state index in [-0.39, 0.29) is 12.1 Å². The highest BCUT2D eigenvalue weighted by Crippen LogP contribution is 2.21. The number of nitrogens with zero attached hydrogens (tertiary/aromatic N) is 3. The number of rotatable bonds is 7. The van der Waals surface area contributed by atoms with E-state index in [0.29, 0.717) is 6.54 Å². The van der Waals surface area contributed by atoms with Gasteiger partial charge >= 0.3 is 6.03 Å². The van der Waals surface area contributed by atoms with Gasteiger partial charge in [0.1, 0.15) is 5.82 Å². The van der Waals surface area contributed by atoms with Crippen LogP contribution < -0.4 is 10.2 Å². The summed E-state index contributed by atoms with van der Waals surface area (Å²) in [5.74, 6) is 0.984. The summed E-state index contributed by atoms with van der Waals surface area (Å²) in [7, 11) is 0. The van der Waals surface area contributed by atoms with Gasteiger partial charge in [-0.15, -0.1) is 0 Å². The third-order valence-electron chi connectivity index (χ3n) is 5.29. The maximum atomic E-state index is 12.7. The number of nitrogens with one attached hydrogen (secondary N) is 1. The predicted octanol–water partition coefficient (Wildman–Crippen LogP) is 3.84. The van der Waals surface area contributed by atoms with E-state index in [2.05, 4.69) is 53.3 Å². The predicted molar refractivity (Wildman–Crippen MR) is 110 cm³/mol. The van der Waals surface area contributed by atoms with Gasteiger partial charge in [0.25, 0.3) is 0 Å². The molecule has 0 spiro atoms. The second-order valence-corrected chi connectivity index (χ2v) is 7.03. The Morgan fingerprint density at radius 2 is 1.93 bits per heavy atom. The Hall–Kier alpha value is -2.56. The van der Waals surface area contributed by atoms with Gasteiger partial charge < -0.3 is 15.1 Å². The average Bonchev–Trinajstić information content (AvgIpc) is 3.17. The smallest absolute Gasteiger partial charge is 0.317 e. The first-order valence-corrected chi connectivity index (χ1v) is 9.99. The minimum absolute atomic E-state index is 0.0289. The van der Waals surface area contributed by atoms with E-state index in [1.165, 1.54) is 5.56 Å². The van der Waals surface area contributed by atoms with Crippen LogP contribution in [0.2, 0.25) is 0 Å². The number of hydrogen-bond acceptors (Lipinski definition) is 3. The highest BCUT2D eigenvalue weighted by molar-refractivity contribution is 5.74. The molecule has 2 heterocycles. The van der Waals surface area contributed by atoms with Crippen molar-refractivity contribution in [1.82, 2.24) is 15.2 Å². The number of carbonyl (C=O) groups is 1. The Morgan fingerprint density at radius 1 is 1.15 bits per heavy atom. The summed E-state index contributed by atoms with van der Waals surface area (Å²) < 4.78 is 0. The SMILES string of the molecule is CCN(CC)c1ccc(CNC(=O)N2CCCC2Cc2ccccc2)cn1. The van der Waals surface area contributed by atoms with Crippen LogP contribution in [0, 0.1) is 0 Å². The minimum Gasteiger partial charge on any atom is -0.357 e. The summed E-state index contributed by atoms with van der Waals surface area (Å²) in [6.07, 6.45) is 4.93. The molecule has 0 saturated carbocycles. The van der Waals surface area contributed by atoms with Gasteiger partial charge in [0.15, 0.2) is 0 Å². The lowest BCUT2D eigenvalue weighted by Crippen LogP contribution is -2.43. The molecule has 2 amide bonds. The van der Waals surface area contributed by atoms with Gasteiger partial charge in [-0.05, 0) is 50.3 Å². The second-order valence-electron chi connectivity index (χ2n) is 7.03. The van der Waals surface area contributed by atoms with E-state index in [9.17, 15) is 4.79 Å². The van der Waals surface area contributed by atoms with Crippen LogP contribution >= 0.6 is 0 Å². The van der Waals surface area contributed by atoms with Crippen molar-refractivity contribution in [3.8, 4) is 0 Å². The molecule has 0 bridgehead atoms. The van der Waals surface area contributed by atoms with Gasteiger partial charge in [0, 0.05) is 38.4 Å². The van der Waals surface area contributed by atoms with Crippen LogP contribution in [0.25, 0.3) is 0 Å². The minimum atomic E-state index is 0.0289. The summed E-state index contributed by atoms with van der Waals surface area (Å²) >= 11 is 0. The molecule has 1 fully saturated rings. The fraction of sp³-hybridized carbons (Fsp3) is 0.455. The van der Waals surface area contributed by atoms with Crippen LogP contribution in [0.1, 0.15) is 37.8 Å². The van der Waals surface area contributed by atoms with Crippen LogP contribution in [0.4, 0.5) is 10.6 Å². The van der Waals surface area contributed by atoms with E-state index < -0.39 is 0 Å². The van der Waals surface area contributed by atoms with E-state index in [0.717, 1.165) is 50.3 Å². The number of pyridine rings is 1. The third kappa shape index (κ3) is 5.00. The van der Waals surface area contributed by atoms with Crippen LogP contribution in [0.15, 0.2) is 48.7 Å². The van der Waals surface area contributed by atoms with Gasteiger partial charge in [-0.1, -0.05) is 36.4 Å². The van der Waals surface area contributed by atoms with Gasteiger partial charge in [0.05, 0.1) is 0 Å². The largest absolute Gasteiger partial charge is 0.357 e. The first kappa shape index (κ1) is 19.2. The Balaban J connectivity index is 1.53. The first-order valence-electron chi connectivity index (χ1n) is 9.99. The zero-order valence-electron chi connectivity index (χ0n) is 16.4. The maximum absolute atomic E-state index is 12.7. The molecule has 1 atom stereocenters. The first-order chi connectivity index (χ1) is 13.2. The molecular formula is C22H30N4O. The molecule has 1 unspecified atom stereocenters. The molecule has 144 valence electrons. The molecular weight excluding hydrogens is 336 g/mol. The monoisotopic (exact) mass is 366 g/mol. The summed E-state index contributed by atoms with van der Waals surface area (Å²) in [6.45, 7) is 7.48. The van der Waals surface area contributed by atoms with Gasteiger partial charge in [0.2, 0.25) is 0 Å². The second kappa shape index (κ2) is 9.40. The molecule has 2 aromatic rings. The van der Waals surface area contributed by atoms with Crippen molar-refractivity contribution in [3.63, 3.8) is 0 Å². The molecule has 1 aromatic heterocycles. The molecule has 1 N–H and O–H groups in total. The van der Waals surface area contributed by atoms with Crippen molar-refractivity contribution < 1.29 is 4.79 Å². The van der Waals surface area contributed by atoms with Crippen molar-refractivity contribution in [2.75, 3.05) is 24.5 Å². The third-order valence-corrected chi connectivity index (χ3v) is 5.29. The van der Waals surface area contributed by atoms with E-state index in [1.807, 2.05) is 29.3 Å². The van der Waals surface area contributed by atoms with E-state index >= 15 is 0 Å². The number of anilines is 1. The molecule has 5 heteroatoms. The van der Waals surface area contributed by atoms with Crippen molar-refractivity contribution in [1.29, 1.82) is 0 Å². The van der Waals surface area contributed by atoms with Crippen molar-refractivity contribution in [2.45, 2.75) is 45.7 Å². The maximum Gasteiger partial charge on any atom is 0.317 e. The standard InChI is InChI=1S/C22H30N4O/c1-3-25(4-2)21-13-12-19(16-23-21)17-24-22(27)26-14-8-11-20(26)15-18-9-6-5-7-10-18/h5-7,9-10,12-13,16,20H,3-4,8,11,14-15,17H2,1-2H3,(H,24,27). The fourth-order valence-corrected chi connectivity index (χ4v) is 3.74. The molecule has 5 nitrogen and oxygen atoms in total. The number of benzene rings is 1. The number of likely N-dealkylation sites (tertiary alicyclic amines) is 1. The quantitative estimate of drug-likeness (QED) is 0.810. The number of aromatic nitrogens is 1. The zero-order valence-corrected chi connectivity index (χ0v) is 16.4. The highest BCUT2D eigenvalue weighted by atomic mass is 16.2. The topological polar surface area (TPSA) is 48.5 Å². The number of carbonyl (C=O) groups excluding carboxylic acids is 1. The Morgan fingerprint density at radius 3 is 2.59 bits per heavy atom. The zero-order chi connectivity index (χ0) is 19.1. The molecule has 1 aliphatic heterocycles. The average molecular weight is 367 g/mol. The molecule has 27 heavy (non-hydrogen) atoms. The Labute approximate surface area is 162 Å². The van der Waals surface area contributed by atoms with Gasteiger partial charge in [-0.2, -0.15) is 0 Å². The molecule has 3 rings (SSSR count). The normalized spacial score (nSPS) is 16.4. The fourth-order valence-electron chi connectivity index (χ4n) is 3.74. The lowest BCUT2D eigenvalue weighted by molar-refractivity contribution is 0.192. The lowest BCUT2D eigenvalue weighted by atomic mass is 10.0. The van der Waals surface area contributed by atoms with Crippen molar-refractivity contribution >= 4 is 11.8 Å². The molecule has 1 aromatic carbocycles. The van der Waals surface area contributed by atoms with E-state index in [1.54, 1.807) is 0 Å².